The van der Waals surface area contributed by atoms with E-state index in [1.165, 1.54) is 16.7 Å². The maximum Gasteiger partial charge on any atom is 0.236 e. The van der Waals surface area contributed by atoms with Gasteiger partial charge in [0.1, 0.15) is 5.75 Å². The van der Waals surface area contributed by atoms with Crippen molar-refractivity contribution in [3.8, 4) is 16.9 Å². The van der Waals surface area contributed by atoms with Crippen molar-refractivity contribution in [2.75, 3.05) is 46.9 Å². The summed E-state index contributed by atoms with van der Waals surface area (Å²) in [7, 11) is 3.79. The van der Waals surface area contributed by atoms with Gasteiger partial charge in [-0.05, 0) is 42.3 Å². The molecule has 0 radical (unpaired) electrons. The molecule has 2 atom stereocenters. The number of nitrogens with one attached hydrogen (secondary N) is 1. The Morgan fingerprint density at radius 3 is 2.21 bits per heavy atom. The summed E-state index contributed by atoms with van der Waals surface area (Å²) in [5.74, 6) is 1.62. The van der Waals surface area contributed by atoms with Gasteiger partial charge in [-0.25, -0.2) is 0 Å². The molecule has 0 unspecified atom stereocenters. The highest BCUT2D eigenvalue weighted by molar-refractivity contribution is 5.78. The molecule has 1 amide bonds. The minimum atomic E-state index is 0.230. The summed E-state index contributed by atoms with van der Waals surface area (Å²) in [6.07, 6.45) is 1.11. The van der Waals surface area contributed by atoms with Crippen LogP contribution < -0.4 is 10.1 Å². The van der Waals surface area contributed by atoms with Crippen LogP contribution in [0.2, 0.25) is 0 Å². The van der Waals surface area contributed by atoms with Gasteiger partial charge in [-0.15, -0.1) is 0 Å². The first kappa shape index (κ1) is 19.0. The number of hydrogen-bond acceptors (Lipinski definition) is 4. The zero-order chi connectivity index (χ0) is 19.5. The molecule has 1 N–H and O–H groups in total. The van der Waals surface area contributed by atoms with Crippen molar-refractivity contribution in [1.82, 2.24) is 15.1 Å². The standard InChI is InChI=1S/C23H29N3O2/c1-25-11-13-26(14-12-25)23(27)16-24-22-15-21(22)19-5-3-17(4-6-19)18-7-9-20(28-2)10-8-18/h3-10,21-22,24H,11-16H2,1-2H3/t21-,22+/m1/s1. The van der Waals surface area contributed by atoms with Crippen LogP contribution in [-0.4, -0.2) is 68.6 Å². The third-order valence-electron chi connectivity index (χ3n) is 5.92. The fourth-order valence-corrected chi connectivity index (χ4v) is 3.88. The number of methoxy groups -OCH3 is 1. The summed E-state index contributed by atoms with van der Waals surface area (Å²) in [5, 5.41) is 3.45. The van der Waals surface area contributed by atoms with Crippen molar-refractivity contribution >= 4 is 5.91 Å². The quantitative estimate of drug-likeness (QED) is 0.838. The Labute approximate surface area is 167 Å². The lowest BCUT2D eigenvalue weighted by atomic mass is 10.0. The van der Waals surface area contributed by atoms with E-state index < -0.39 is 0 Å². The number of nitrogens with zero attached hydrogens (tertiary/aromatic N) is 2. The molecule has 5 nitrogen and oxygen atoms in total. The first-order valence-electron chi connectivity index (χ1n) is 10.1. The van der Waals surface area contributed by atoms with Gasteiger partial charge in [0, 0.05) is 38.1 Å². The fraction of sp³-hybridized carbons (Fsp3) is 0.435. The van der Waals surface area contributed by atoms with Gasteiger partial charge in [-0.1, -0.05) is 36.4 Å². The molecule has 28 heavy (non-hydrogen) atoms. The second kappa shape index (κ2) is 8.33. The molecular weight excluding hydrogens is 350 g/mol. The first-order valence-corrected chi connectivity index (χ1v) is 10.1. The summed E-state index contributed by atoms with van der Waals surface area (Å²) < 4.78 is 5.22. The molecular formula is C23H29N3O2. The van der Waals surface area contributed by atoms with Crippen LogP contribution in [0.4, 0.5) is 0 Å². The van der Waals surface area contributed by atoms with Gasteiger partial charge in [0.15, 0.2) is 0 Å². The van der Waals surface area contributed by atoms with Crippen molar-refractivity contribution in [2.24, 2.45) is 0 Å². The van der Waals surface area contributed by atoms with E-state index in [0.717, 1.165) is 38.3 Å². The number of hydrogen-bond donors (Lipinski definition) is 1. The van der Waals surface area contributed by atoms with Crippen LogP contribution in [0.15, 0.2) is 48.5 Å². The Kier molecular flexibility index (Phi) is 5.64. The van der Waals surface area contributed by atoms with Gasteiger partial charge < -0.3 is 19.9 Å². The van der Waals surface area contributed by atoms with Crippen LogP contribution in [0.1, 0.15) is 17.9 Å². The van der Waals surface area contributed by atoms with Crippen molar-refractivity contribution < 1.29 is 9.53 Å². The summed E-state index contributed by atoms with van der Waals surface area (Å²) in [6.45, 7) is 4.08. The highest BCUT2D eigenvalue weighted by Gasteiger charge is 2.38. The summed E-state index contributed by atoms with van der Waals surface area (Å²) in [4.78, 5) is 16.6. The van der Waals surface area contributed by atoms with E-state index in [9.17, 15) is 4.79 Å². The van der Waals surface area contributed by atoms with Gasteiger partial charge in [0.2, 0.25) is 5.91 Å². The molecule has 2 aromatic carbocycles. The van der Waals surface area contributed by atoms with Crippen molar-refractivity contribution in [2.45, 2.75) is 18.4 Å². The van der Waals surface area contributed by atoms with E-state index in [2.05, 4.69) is 53.7 Å². The minimum absolute atomic E-state index is 0.230. The van der Waals surface area contributed by atoms with Crippen LogP contribution in [0.25, 0.3) is 11.1 Å². The van der Waals surface area contributed by atoms with Gasteiger partial charge in [0.25, 0.3) is 0 Å². The largest absolute Gasteiger partial charge is 0.497 e. The van der Waals surface area contributed by atoms with Gasteiger partial charge in [-0.3, -0.25) is 4.79 Å². The lowest BCUT2D eigenvalue weighted by Crippen LogP contribution is -2.49. The molecule has 1 saturated heterocycles. The van der Waals surface area contributed by atoms with Crippen LogP contribution in [0.3, 0.4) is 0 Å². The number of carbonyl (C=O) groups excluding carboxylic acids is 1. The van der Waals surface area contributed by atoms with Crippen molar-refractivity contribution in [3.63, 3.8) is 0 Å². The molecule has 1 heterocycles. The van der Waals surface area contributed by atoms with E-state index in [1.807, 2.05) is 17.0 Å². The molecule has 2 fully saturated rings. The van der Waals surface area contributed by atoms with Gasteiger partial charge in [-0.2, -0.15) is 0 Å². The monoisotopic (exact) mass is 379 g/mol. The SMILES string of the molecule is COc1ccc(-c2ccc([C@H]3C[C@@H]3NCC(=O)N3CCN(C)CC3)cc2)cc1. The maximum atomic E-state index is 12.4. The smallest absolute Gasteiger partial charge is 0.236 e. The normalized spacial score (nSPS) is 22.1. The molecule has 4 rings (SSSR count). The number of benzene rings is 2. The highest BCUT2D eigenvalue weighted by Crippen LogP contribution is 2.41. The molecule has 148 valence electrons. The Bertz CT molecular complexity index is 796. The van der Waals surface area contributed by atoms with Crippen molar-refractivity contribution in [3.05, 3.63) is 54.1 Å². The Morgan fingerprint density at radius 2 is 1.61 bits per heavy atom. The molecule has 1 aliphatic heterocycles. The van der Waals surface area contributed by atoms with E-state index in [0.29, 0.717) is 18.5 Å². The predicted octanol–water partition coefficient (Wildman–Crippen LogP) is 2.58. The zero-order valence-corrected chi connectivity index (χ0v) is 16.7. The second-order valence-electron chi connectivity index (χ2n) is 7.86. The maximum absolute atomic E-state index is 12.4. The van der Waals surface area contributed by atoms with Gasteiger partial charge in [0.05, 0.1) is 13.7 Å². The molecule has 0 spiro atoms. The Morgan fingerprint density at radius 1 is 1.00 bits per heavy atom. The molecule has 0 bridgehead atoms. The number of rotatable bonds is 6. The topological polar surface area (TPSA) is 44.8 Å². The minimum Gasteiger partial charge on any atom is -0.497 e. The predicted molar refractivity (Wildman–Crippen MR) is 112 cm³/mol. The molecule has 1 aliphatic carbocycles. The summed E-state index contributed by atoms with van der Waals surface area (Å²) in [5.41, 5.74) is 3.75. The lowest BCUT2D eigenvalue weighted by molar-refractivity contribution is -0.131. The van der Waals surface area contributed by atoms with Crippen LogP contribution in [-0.2, 0) is 4.79 Å². The Hall–Kier alpha value is -2.37. The molecule has 2 aromatic rings. The first-order chi connectivity index (χ1) is 13.6. The Balaban J connectivity index is 1.27. The number of carbonyl (C=O) groups is 1. The average molecular weight is 380 g/mol. The number of likely N-dealkylation sites (N-methyl/N-ethyl adjacent to an activating group) is 1. The van der Waals surface area contributed by atoms with E-state index in [-0.39, 0.29) is 5.91 Å². The summed E-state index contributed by atoms with van der Waals surface area (Å²) >= 11 is 0. The van der Waals surface area contributed by atoms with Gasteiger partial charge >= 0.3 is 0 Å². The van der Waals surface area contributed by atoms with E-state index in [1.54, 1.807) is 7.11 Å². The third-order valence-corrected chi connectivity index (χ3v) is 5.92. The zero-order valence-electron chi connectivity index (χ0n) is 16.7. The van der Waals surface area contributed by atoms with Crippen molar-refractivity contribution in [1.29, 1.82) is 0 Å². The third kappa shape index (κ3) is 4.37. The number of ether oxygens (including phenoxy) is 1. The number of amides is 1. The highest BCUT2D eigenvalue weighted by atomic mass is 16.5. The molecule has 1 saturated carbocycles. The molecule has 0 aromatic heterocycles. The lowest BCUT2D eigenvalue weighted by Gasteiger charge is -2.32. The van der Waals surface area contributed by atoms with Crippen LogP contribution in [0, 0.1) is 0 Å². The van der Waals surface area contributed by atoms with E-state index in [4.69, 9.17) is 4.74 Å². The van der Waals surface area contributed by atoms with Crippen LogP contribution >= 0.6 is 0 Å². The second-order valence-corrected chi connectivity index (χ2v) is 7.86. The summed E-state index contributed by atoms with van der Waals surface area (Å²) in [6, 6.07) is 17.4. The molecule has 2 aliphatic rings. The average Bonchev–Trinajstić information content (AvgIpc) is 3.52. The number of piperazine rings is 1. The van der Waals surface area contributed by atoms with Crippen LogP contribution in [0.5, 0.6) is 5.75 Å². The van der Waals surface area contributed by atoms with E-state index >= 15 is 0 Å². The fourth-order valence-electron chi connectivity index (χ4n) is 3.88. The molecule has 5 heteroatoms.